The number of nitrogens with zero attached hydrogens (tertiary/aromatic N) is 3. The zero-order valence-corrected chi connectivity index (χ0v) is 15.0. The van der Waals surface area contributed by atoms with Crippen LogP contribution in [0.2, 0.25) is 0 Å². The van der Waals surface area contributed by atoms with Gasteiger partial charge in [0.1, 0.15) is 11.4 Å². The highest BCUT2D eigenvalue weighted by molar-refractivity contribution is 6.11. The van der Waals surface area contributed by atoms with Crippen molar-refractivity contribution in [2.45, 2.75) is 12.4 Å². The molecule has 0 unspecified atom stereocenters. The molecule has 3 aromatic heterocycles. The van der Waals surface area contributed by atoms with Gasteiger partial charge in [-0.15, -0.1) is 0 Å². The lowest BCUT2D eigenvalue weighted by atomic mass is 10.2. The van der Waals surface area contributed by atoms with Crippen LogP contribution in [0.3, 0.4) is 0 Å². The molecule has 0 spiro atoms. The lowest BCUT2D eigenvalue weighted by Gasteiger charge is -2.09. The van der Waals surface area contributed by atoms with E-state index < -0.39 is 35.6 Å². The van der Waals surface area contributed by atoms with Crippen LogP contribution < -0.4 is 10.6 Å². The number of anilines is 2. The Bertz CT molecular complexity index is 1090. The van der Waals surface area contributed by atoms with Gasteiger partial charge in [0.15, 0.2) is 5.69 Å². The molecule has 0 aliphatic carbocycles. The number of halogens is 6. The second-order valence-corrected chi connectivity index (χ2v) is 5.92. The van der Waals surface area contributed by atoms with Gasteiger partial charge in [-0.05, 0) is 24.3 Å². The quantitative estimate of drug-likeness (QED) is 0.531. The minimum absolute atomic E-state index is 0.0646. The fourth-order valence-electron chi connectivity index (χ4n) is 2.27. The standard InChI is InChI=1S/C17H10F6N6O2/c18-16(19,20)11-3-1-8(5-24-11)14(30)28-10-7-26-29-13(10)15(31)27-9-2-4-12(25-6-9)17(21,22)23/h1-7H,(H,26,29)(H,27,31)(H,28,30). The fourth-order valence-corrected chi connectivity index (χ4v) is 2.27. The van der Waals surface area contributed by atoms with E-state index >= 15 is 0 Å². The first kappa shape index (κ1) is 21.7. The number of alkyl halides is 6. The molecule has 0 aliphatic rings. The van der Waals surface area contributed by atoms with E-state index in [4.69, 9.17) is 0 Å². The molecule has 0 saturated carbocycles. The van der Waals surface area contributed by atoms with Gasteiger partial charge in [0.25, 0.3) is 11.8 Å². The molecular weight excluding hydrogens is 434 g/mol. The van der Waals surface area contributed by atoms with Gasteiger partial charge in [-0.25, -0.2) is 4.98 Å². The third-order valence-corrected chi connectivity index (χ3v) is 3.73. The predicted octanol–water partition coefficient (Wildman–Crippen LogP) is 3.74. The van der Waals surface area contributed by atoms with Gasteiger partial charge in [0, 0.05) is 12.4 Å². The number of carbonyl (C=O) groups excluding carboxylic acids is 2. The lowest BCUT2D eigenvalue weighted by Crippen LogP contribution is -2.18. The first-order valence-electron chi connectivity index (χ1n) is 8.18. The normalized spacial score (nSPS) is 11.8. The van der Waals surface area contributed by atoms with Crippen molar-refractivity contribution in [3.05, 3.63) is 65.5 Å². The monoisotopic (exact) mass is 444 g/mol. The van der Waals surface area contributed by atoms with Gasteiger partial charge in [0.05, 0.1) is 23.1 Å². The lowest BCUT2D eigenvalue weighted by molar-refractivity contribution is -0.141. The molecule has 8 nitrogen and oxygen atoms in total. The molecule has 0 aliphatic heterocycles. The van der Waals surface area contributed by atoms with E-state index in [2.05, 4.69) is 30.8 Å². The summed E-state index contributed by atoms with van der Waals surface area (Å²) in [7, 11) is 0. The smallest absolute Gasteiger partial charge is 0.319 e. The van der Waals surface area contributed by atoms with Crippen molar-refractivity contribution in [3.63, 3.8) is 0 Å². The number of pyridine rings is 2. The second kappa shape index (κ2) is 8.04. The van der Waals surface area contributed by atoms with E-state index in [1.54, 1.807) is 0 Å². The molecule has 0 fully saturated rings. The van der Waals surface area contributed by atoms with E-state index in [9.17, 15) is 35.9 Å². The third-order valence-electron chi connectivity index (χ3n) is 3.73. The van der Waals surface area contributed by atoms with Crippen molar-refractivity contribution in [3.8, 4) is 0 Å². The zero-order chi connectivity index (χ0) is 22.8. The number of nitrogens with one attached hydrogen (secondary N) is 3. The number of aromatic amines is 1. The van der Waals surface area contributed by atoms with Crippen LogP contribution in [0, 0.1) is 0 Å². The molecule has 162 valence electrons. The van der Waals surface area contributed by atoms with E-state index in [1.807, 2.05) is 0 Å². The molecule has 0 radical (unpaired) electrons. The topological polar surface area (TPSA) is 113 Å². The van der Waals surface area contributed by atoms with Crippen LogP contribution in [0.25, 0.3) is 0 Å². The summed E-state index contributed by atoms with van der Waals surface area (Å²) >= 11 is 0. The summed E-state index contributed by atoms with van der Waals surface area (Å²) in [5, 5.41) is 10.5. The van der Waals surface area contributed by atoms with E-state index in [1.165, 1.54) is 0 Å². The molecule has 3 N–H and O–H groups in total. The van der Waals surface area contributed by atoms with Crippen molar-refractivity contribution in [1.29, 1.82) is 0 Å². The summed E-state index contributed by atoms with van der Waals surface area (Å²) in [5.74, 6) is -1.75. The summed E-state index contributed by atoms with van der Waals surface area (Å²) < 4.78 is 75.2. The number of carbonyl (C=O) groups is 2. The Labute approximate surface area is 168 Å². The molecule has 0 bridgehead atoms. The van der Waals surface area contributed by atoms with E-state index in [0.717, 1.165) is 24.5 Å². The van der Waals surface area contributed by atoms with Gasteiger partial charge < -0.3 is 10.6 Å². The first-order valence-corrected chi connectivity index (χ1v) is 8.18. The number of aromatic nitrogens is 4. The molecule has 14 heteroatoms. The van der Waals surface area contributed by atoms with Crippen LogP contribution >= 0.6 is 0 Å². The van der Waals surface area contributed by atoms with Crippen molar-refractivity contribution >= 4 is 23.2 Å². The maximum atomic E-state index is 12.5. The summed E-state index contributed by atoms with van der Waals surface area (Å²) in [6, 6.07) is 3.17. The molecule has 0 atom stereocenters. The van der Waals surface area contributed by atoms with Crippen molar-refractivity contribution in [2.75, 3.05) is 10.6 Å². The summed E-state index contributed by atoms with van der Waals surface area (Å²) in [5.41, 5.74) is -3.06. The van der Waals surface area contributed by atoms with Crippen LogP contribution in [-0.2, 0) is 12.4 Å². The van der Waals surface area contributed by atoms with Crippen LogP contribution in [0.5, 0.6) is 0 Å². The Morgan fingerprint density at radius 3 is 1.94 bits per heavy atom. The van der Waals surface area contributed by atoms with Crippen LogP contribution in [-0.4, -0.2) is 32.0 Å². The molecule has 3 heterocycles. The van der Waals surface area contributed by atoms with Crippen molar-refractivity contribution < 1.29 is 35.9 Å². The molecule has 2 amide bonds. The Morgan fingerprint density at radius 1 is 0.806 bits per heavy atom. The second-order valence-electron chi connectivity index (χ2n) is 5.92. The fraction of sp³-hybridized carbons (Fsp3) is 0.118. The minimum Gasteiger partial charge on any atom is -0.319 e. The number of H-pyrrole nitrogens is 1. The highest BCUT2D eigenvalue weighted by Crippen LogP contribution is 2.28. The summed E-state index contributed by atoms with van der Waals surface area (Å²) in [4.78, 5) is 30.9. The van der Waals surface area contributed by atoms with Crippen LogP contribution in [0.15, 0.2) is 42.9 Å². The van der Waals surface area contributed by atoms with Gasteiger partial charge in [-0.1, -0.05) is 0 Å². The Hall–Kier alpha value is -3.97. The Kier molecular flexibility index (Phi) is 5.64. The molecular formula is C17H10F6N6O2. The van der Waals surface area contributed by atoms with Crippen molar-refractivity contribution in [1.82, 2.24) is 20.2 Å². The third kappa shape index (κ3) is 5.15. The van der Waals surface area contributed by atoms with Gasteiger partial charge in [-0.3, -0.25) is 19.7 Å². The largest absolute Gasteiger partial charge is 0.433 e. The van der Waals surface area contributed by atoms with Gasteiger partial charge in [0.2, 0.25) is 0 Å². The van der Waals surface area contributed by atoms with Gasteiger partial charge in [-0.2, -0.15) is 31.4 Å². The average molecular weight is 444 g/mol. The Morgan fingerprint density at radius 2 is 1.42 bits per heavy atom. The highest BCUT2D eigenvalue weighted by Gasteiger charge is 2.33. The molecule has 3 rings (SSSR count). The maximum absolute atomic E-state index is 12.5. The summed E-state index contributed by atoms with van der Waals surface area (Å²) in [6.45, 7) is 0. The van der Waals surface area contributed by atoms with E-state index in [0.29, 0.717) is 18.3 Å². The first-order chi connectivity index (χ1) is 14.4. The van der Waals surface area contributed by atoms with E-state index in [-0.39, 0.29) is 22.6 Å². The Balaban J connectivity index is 1.70. The minimum atomic E-state index is -4.67. The van der Waals surface area contributed by atoms with Crippen LogP contribution in [0.4, 0.5) is 37.7 Å². The van der Waals surface area contributed by atoms with Gasteiger partial charge >= 0.3 is 12.4 Å². The SMILES string of the molecule is O=C(Nc1c[nH]nc1C(=O)Nc1ccc(C(F)(F)F)nc1)c1ccc(C(F)(F)F)nc1. The average Bonchev–Trinajstić information content (AvgIpc) is 3.15. The number of hydrogen-bond donors (Lipinski definition) is 3. The molecule has 0 saturated heterocycles. The highest BCUT2D eigenvalue weighted by atomic mass is 19.4. The number of amides is 2. The number of rotatable bonds is 4. The summed E-state index contributed by atoms with van der Waals surface area (Å²) in [6.07, 6.45) is -6.67. The zero-order valence-electron chi connectivity index (χ0n) is 15.0. The van der Waals surface area contributed by atoms with Crippen LogP contribution in [0.1, 0.15) is 32.2 Å². The maximum Gasteiger partial charge on any atom is 0.433 e. The van der Waals surface area contributed by atoms with Crippen molar-refractivity contribution in [2.24, 2.45) is 0 Å². The molecule has 0 aromatic carbocycles. The molecule has 3 aromatic rings. The molecule has 31 heavy (non-hydrogen) atoms. The number of hydrogen-bond acceptors (Lipinski definition) is 5. The predicted molar refractivity (Wildman–Crippen MR) is 93.0 cm³/mol.